The van der Waals surface area contributed by atoms with Gasteiger partial charge in [-0.05, 0) is 0 Å². The number of nitrogens with zero attached hydrogens (tertiary/aromatic N) is 2. The lowest BCUT2D eigenvalue weighted by Gasteiger charge is -2.07. The van der Waals surface area contributed by atoms with Crippen molar-refractivity contribution in [1.29, 1.82) is 0 Å². The number of anilines is 1. The lowest BCUT2D eigenvalue weighted by molar-refractivity contribution is 0.0823. The molecule has 0 bridgehead atoms. The lowest BCUT2D eigenvalue weighted by atomic mass is 10.2. The topological polar surface area (TPSA) is 56.3 Å². The summed E-state index contributed by atoms with van der Waals surface area (Å²) in [7, 11) is 0. The van der Waals surface area contributed by atoms with Crippen molar-refractivity contribution in [2.45, 2.75) is 0 Å². The third-order valence-electron chi connectivity index (χ3n) is 2.45. The minimum atomic E-state index is 0.201. The van der Waals surface area contributed by atoms with E-state index in [1.165, 1.54) is 6.26 Å². The smallest absolute Gasteiger partial charge is 0.232 e. The van der Waals surface area contributed by atoms with Crippen LogP contribution in [0.2, 0.25) is 5.15 Å². The van der Waals surface area contributed by atoms with E-state index in [1.807, 2.05) is 30.3 Å². The zero-order valence-corrected chi connectivity index (χ0v) is 10.6. The summed E-state index contributed by atoms with van der Waals surface area (Å²) in [6.45, 7) is 0.201. The maximum atomic E-state index is 6.00. The van der Waals surface area contributed by atoms with Crippen LogP contribution in [0.3, 0.4) is 0 Å². The maximum Gasteiger partial charge on any atom is 0.232 e. The number of aromatic nitrogens is 2. The van der Waals surface area contributed by atoms with Crippen LogP contribution in [0.5, 0.6) is 0 Å². The summed E-state index contributed by atoms with van der Waals surface area (Å²) in [5.74, 6) is 1.60. The molecular formula is C13H10ClN3O2. The molecule has 2 aromatic rings. The molecule has 2 heterocycles. The van der Waals surface area contributed by atoms with Gasteiger partial charge in [0.25, 0.3) is 0 Å². The Labute approximate surface area is 114 Å². The van der Waals surface area contributed by atoms with E-state index in [-0.39, 0.29) is 6.79 Å². The van der Waals surface area contributed by atoms with Crippen LogP contribution in [0.1, 0.15) is 0 Å². The van der Waals surface area contributed by atoms with E-state index >= 15 is 0 Å². The van der Waals surface area contributed by atoms with Gasteiger partial charge in [-0.3, -0.25) is 0 Å². The maximum absolute atomic E-state index is 6.00. The summed E-state index contributed by atoms with van der Waals surface area (Å²) in [5.41, 5.74) is 0.894. The summed E-state index contributed by atoms with van der Waals surface area (Å²) in [4.78, 5) is 8.59. The van der Waals surface area contributed by atoms with Gasteiger partial charge in [-0.1, -0.05) is 41.9 Å². The van der Waals surface area contributed by atoms with Crippen LogP contribution in [0.25, 0.3) is 11.4 Å². The van der Waals surface area contributed by atoms with E-state index in [4.69, 9.17) is 21.1 Å². The molecule has 0 aliphatic carbocycles. The summed E-state index contributed by atoms with van der Waals surface area (Å²) >= 11 is 6.00. The number of hydrogen-bond acceptors (Lipinski definition) is 5. The molecule has 19 heavy (non-hydrogen) atoms. The van der Waals surface area contributed by atoms with Gasteiger partial charge in [0.2, 0.25) is 12.7 Å². The first-order valence-electron chi connectivity index (χ1n) is 5.63. The first-order chi connectivity index (χ1) is 9.31. The van der Waals surface area contributed by atoms with Crippen molar-refractivity contribution in [3.05, 3.63) is 53.7 Å². The third-order valence-corrected chi connectivity index (χ3v) is 2.64. The zero-order valence-electron chi connectivity index (χ0n) is 9.84. The molecule has 0 saturated heterocycles. The van der Waals surface area contributed by atoms with Crippen molar-refractivity contribution in [2.75, 3.05) is 12.1 Å². The SMILES string of the molecule is Clc1cc(NC2=COCO2)nc(-c2ccccc2)n1. The Morgan fingerprint density at radius 1 is 1.16 bits per heavy atom. The highest BCUT2D eigenvalue weighted by molar-refractivity contribution is 6.29. The molecule has 0 unspecified atom stereocenters. The predicted octanol–water partition coefficient (Wildman–Crippen LogP) is 3.01. The van der Waals surface area contributed by atoms with Crippen molar-refractivity contribution >= 4 is 17.4 Å². The van der Waals surface area contributed by atoms with Crippen LogP contribution < -0.4 is 5.32 Å². The molecule has 0 fully saturated rings. The standard InChI is InChI=1S/C13H10ClN3O2/c14-10-6-11(16-12-7-18-8-19-12)17-13(15-10)9-4-2-1-3-5-9/h1-7H,8H2,(H,15,16,17). The minimum absolute atomic E-state index is 0.201. The molecule has 5 nitrogen and oxygen atoms in total. The fourth-order valence-corrected chi connectivity index (χ4v) is 1.81. The number of hydrogen-bond donors (Lipinski definition) is 1. The number of nitrogens with one attached hydrogen (secondary N) is 1. The van der Waals surface area contributed by atoms with Crippen LogP contribution in [0.4, 0.5) is 5.82 Å². The summed E-state index contributed by atoms with van der Waals surface area (Å²) in [5, 5.41) is 3.33. The third kappa shape index (κ3) is 2.77. The van der Waals surface area contributed by atoms with Gasteiger partial charge in [-0.25, -0.2) is 9.97 Å². The van der Waals surface area contributed by atoms with Crippen LogP contribution in [0, 0.1) is 0 Å². The number of rotatable bonds is 3. The zero-order chi connectivity index (χ0) is 13.1. The van der Waals surface area contributed by atoms with Crippen molar-refractivity contribution in [3.63, 3.8) is 0 Å². The first kappa shape index (κ1) is 11.8. The average molecular weight is 276 g/mol. The Bertz CT molecular complexity index is 617. The van der Waals surface area contributed by atoms with Crippen LogP contribution in [-0.4, -0.2) is 16.8 Å². The van der Waals surface area contributed by atoms with Gasteiger partial charge >= 0.3 is 0 Å². The van der Waals surface area contributed by atoms with Gasteiger partial charge in [-0.15, -0.1) is 0 Å². The molecule has 96 valence electrons. The van der Waals surface area contributed by atoms with Gasteiger partial charge in [0.05, 0.1) is 0 Å². The molecular weight excluding hydrogens is 266 g/mol. The lowest BCUT2D eigenvalue weighted by Crippen LogP contribution is -2.03. The van der Waals surface area contributed by atoms with Gasteiger partial charge in [0, 0.05) is 11.6 Å². The van der Waals surface area contributed by atoms with E-state index in [0.717, 1.165) is 5.56 Å². The van der Waals surface area contributed by atoms with E-state index < -0.39 is 0 Å². The normalized spacial score (nSPS) is 13.4. The molecule has 1 N–H and O–H groups in total. The molecule has 1 aromatic carbocycles. The number of ether oxygens (including phenoxy) is 2. The van der Waals surface area contributed by atoms with Crippen LogP contribution in [0.15, 0.2) is 48.5 Å². The Balaban J connectivity index is 1.92. The Morgan fingerprint density at radius 3 is 2.74 bits per heavy atom. The van der Waals surface area contributed by atoms with Crippen molar-refractivity contribution in [2.24, 2.45) is 0 Å². The summed E-state index contributed by atoms with van der Waals surface area (Å²) in [6, 6.07) is 11.2. The average Bonchev–Trinajstić information content (AvgIpc) is 2.92. The Hall–Kier alpha value is -2.27. The summed E-state index contributed by atoms with van der Waals surface area (Å²) < 4.78 is 10.1. The second-order valence-corrected chi connectivity index (χ2v) is 4.19. The van der Waals surface area contributed by atoms with E-state index in [2.05, 4.69) is 15.3 Å². The van der Waals surface area contributed by atoms with Crippen molar-refractivity contribution in [3.8, 4) is 11.4 Å². The molecule has 0 atom stereocenters. The first-order valence-corrected chi connectivity index (χ1v) is 6.01. The highest BCUT2D eigenvalue weighted by Crippen LogP contribution is 2.21. The Morgan fingerprint density at radius 2 is 2.00 bits per heavy atom. The molecule has 6 heteroatoms. The molecule has 1 aliphatic rings. The number of benzene rings is 1. The Kier molecular flexibility index (Phi) is 3.20. The molecule has 0 saturated carbocycles. The predicted molar refractivity (Wildman–Crippen MR) is 71.2 cm³/mol. The van der Waals surface area contributed by atoms with Crippen LogP contribution >= 0.6 is 11.6 Å². The van der Waals surface area contributed by atoms with E-state index in [9.17, 15) is 0 Å². The molecule has 0 spiro atoms. The summed E-state index contributed by atoms with van der Waals surface area (Å²) in [6.07, 6.45) is 1.48. The monoisotopic (exact) mass is 275 g/mol. The molecule has 0 radical (unpaired) electrons. The quantitative estimate of drug-likeness (QED) is 0.873. The van der Waals surface area contributed by atoms with Gasteiger partial charge in [0.15, 0.2) is 5.82 Å². The molecule has 3 rings (SSSR count). The van der Waals surface area contributed by atoms with E-state index in [1.54, 1.807) is 6.07 Å². The van der Waals surface area contributed by atoms with Crippen molar-refractivity contribution in [1.82, 2.24) is 9.97 Å². The second-order valence-electron chi connectivity index (χ2n) is 3.80. The molecule has 0 amide bonds. The molecule has 1 aliphatic heterocycles. The highest BCUT2D eigenvalue weighted by atomic mass is 35.5. The molecule has 1 aromatic heterocycles. The highest BCUT2D eigenvalue weighted by Gasteiger charge is 2.10. The number of halogens is 1. The second kappa shape index (κ2) is 5.16. The van der Waals surface area contributed by atoms with Gasteiger partial charge in [-0.2, -0.15) is 0 Å². The van der Waals surface area contributed by atoms with Gasteiger partial charge < -0.3 is 14.8 Å². The van der Waals surface area contributed by atoms with Gasteiger partial charge in [0.1, 0.15) is 17.2 Å². The van der Waals surface area contributed by atoms with Crippen LogP contribution in [-0.2, 0) is 9.47 Å². The fourth-order valence-electron chi connectivity index (χ4n) is 1.63. The van der Waals surface area contributed by atoms with E-state index in [0.29, 0.717) is 22.7 Å². The fraction of sp³-hybridized carbons (Fsp3) is 0.0769. The van der Waals surface area contributed by atoms with Crippen molar-refractivity contribution < 1.29 is 9.47 Å². The largest absolute Gasteiger partial charge is 0.459 e. The minimum Gasteiger partial charge on any atom is -0.459 e.